The van der Waals surface area contributed by atoms with Crippen LogP contribution in [-0.2, 0) is 8.85 Å². The van der Waals surface area contributed by atoms with Gasteiger partial charge in [0.05, 0.1) is 0 Å². The molecule has 1 unspecified atom stereocenters. The molecule has 80 valence electrons. The highest BCUT2D eigenvalue weighted by atomic mass is 28.4. The van der Waals surface area contributed by atoms with Crippen LogP contribution < -0.4 is 5.73 Å². The number of hydrogen-bond acceptors (Lipinski definition) is 3. The molecule has 0 saturated carbocycles. The van der Waals surface area contributed by atoms with Gasteiger partial charge < -0.3 is 14.6 Å². The summed E-state index contributed by atoms with van der Waals surface area (Å²) in [6.45, 7) is 4.21. The molecular weight excluding hydrogens is 182 g/mol. The van der Waals surface area contributed by atoms with Crippen molar-refractivity contribution >= 4 is 8.56 Å². The van der Waals surface area contributed by atoms with Gasteiger partial charge in [-0.3, -0.25) is 0 Å². The van der Waals surface area contributed by atoms with Gasteiger partial charge in [-0.15, -0.1) is 0 Å². The Bertz CT molecular complexity index is 129. The Labute approximate surface area is 82.9 Å². The smallest absolute Gasteiger partial charge is 0.334 e. The number of rotatable bonds is 7. The predicted octanol–water partition coefficient (Wildman–Crippen LogP) is 1.87. The average Bonchev–Trinajstić information content (AvgIpc) is 2.17. The molecular formula is C9H23NO2Si. The summed E-state index contributed by atoms with van der Waals surface area (Å²) in [4.78, 5) is 0. The number of nitrogens with two attached hydrogens (primary N) is 1. The maximum absolute atomic E-state index is 5.82. The Morgan fingerprint density at radius 1 is 1.31 bits per heavy atom. The minimum Gasteiger partial charge on any atom is -0.398 e. The van der Waals surface area contributed by atoms with Crippen LogP contribution in [0.3, 0.4) is 0 Å². The van der Waals surface area contributed by atoms with Crippen molar-refractivity contribution in [3.63, 3.8) is 0 Å². The average molecular weight is 205 g/mol. The van der Waals surface area contributed by atoms with E-state index in [1.54, 1.807) is 14.2 Å². The highest BCUT2D eigenvalue weighted by Crippen LogP contribution is 2.16. The first-order valence-corrected chi connectivity index (χ1v) is 7.46. The van der Waals surface area contributed by atoms with Crippen LogP contribution in [0.1, 0.15) is 26.2 Å². The van der Waals surface area contributed by atoms with Gasteiger partial charge in [-0.1, -0.05) is 6.92 Å². The van der Waals surface area contributed by atoms with E-state index in [4.69, 9.17) is 14.6 Å². The summed E-state index contributed by atoms with van der Waals surface area (Å²) in [5.41, 5.74) is 5.82. The molecule has 0 bridgehead atoms. The number of hydrogen-bond donors (Lipinski definition) is 1. The van der Waals surface area contributed by atoms with Crippen molar-refractivity contribution in [1.82, 2.24) is 0 Å². The van der Waals surface area contributed by atoms with E-state index < -0.39 is 8.56 Å². The Morgan fingerprint density at radius 2 is 1.85 bits per heavy atom. The van der Waals surface area contributed by atoms with E-state index in [-0.39, 0.29) is 0 Å². The summed E-state index contributed by atoms with van der Waals surface area (Å²) in [7, 11) is 1.63. The van der Waals surface area contributed by atoms with E-state index >= 15 is 0 Å². The molecule has 0 rings (SSSR count). The molecule has 0 saturated heterocycles. The van der Waals surface area contributed by atoms with Crippen LogP contribution in [0.4, 0.5) is 0 Å². The monoisotopic (exact) mass is 205 g/mol. The zero-order valence-electron chi connectivity index (χ0n) is 9.30. The van der Waals surface area contributed by atoms with Crippen molar-refractivity contribution in [2.24, 2.45) is 5.73 Å². The van der Waals surface area contributed by atoms with Gasteiger partial charge in [0, 0.05) is 20.3 Å². The van der Waals surface area contributed by atoms with Crippen molar-refractivity contribution in [3.8, 4) is 0 Å². The lowest BCUT2D eigenvalue weighted by Gasteiger charge is -2.23. The minimum absolute atomic E-state index is 0.340. The zero-order valence-corrected chi connectivity index (χ0v) is 10.3. The maximum Gasteiger partial charge on any atom is 0.334 e. The standard InChI is InChI=1S/C9H23NO2Si/c1-5-9(10)7-6-8-13(4,11-2)12-3/h9H,5-8,10H2,1-4H3. The molecule has 0 aromatic carbocycles. The first kappa shape index (κ1) is 13.1. The Balaban J connectivity index is 3.61. The molecule has 1 atom stereocenters. The Morgan fingerprint density at radius 3 is 2.23 bits per heavy atom. The summed E-state index contributed by atoms with van der Waals surface area (Å²) in [5, 5.41) is 0. The molecule has 0 fully saturated rings. The van der Waals surface area contributed by atoms with E-state index in [0.717, 1.165) is 25.3 Å². The molecule has 0 aromatic rings. The third kappa shape index (κ3) is 5.41. The largest absolute Gasteiger partial charge is 0.398 e. The fraction of sp³-hybridized carbons (Fsp3) is 1.00. The zero-order chi connectivity index (χ0) is 10.3. The molecule has 2 N–H and O–H groups in total. The summed E-state index contributed by atoms with van der Waals surface area (Å²) >= 11 is 0. The molecule has 0 radical (unpaired) electrons. The van der Waals surface area contributed by atoms with Crippen LogP contribution in [0.5, 0.6) is 0 Å². The predicted molar refractivity (Wildman–Crippen MR) is 57.9 cm³/mol. The lowest BCUT2D eigenvalue weighted by atomic mass is 10.1. The molecule has 4 heteroatoms. The molecule has 0 aromatic heterocycles. The van der Waals surface area contributed by atoms with E-state index in [9.17, 15) is 0 Å². The minimum atomic E-state index is -1.83. The van der Waals surface area contributed by atoms with Gasteiger partial charge in [0.2, 0.25) is 0 Å². The van der Waals surface area contributed by atoms with Crippen LogP contribution in [0.25, 0.3) is 0 Å². The van der Waals surface area contributed by atoms with Crippen LogP contribution in [0.2, 0.25) is 12.6 Å². The summed E-state index contributed by atoms with van der Waals surface area (Å²) in [6, 6.07) is 1.38. The van der Waals surface area contributed by atoms with E-state index in [1.165, 1.54) is 0 Å². The Hall–Kier alpha value is 0.0969. The lowest BCUT2D eigenvalue weighted by Crippen LogP contribution is -2.36. The first-order valence-electron chi connectivity index (χ1n) is 4.94. The Kier molecular flexibility index (Phi) is 6.58. The molecule has 0 spiro atoms. The normalized spacial score (nSPS) is 14.5. The summed E-state index contributed by atoms with van der Waals surface area (Å²) < 4.78 is 10.8. The van der Waals surface area contributed by atoms with Gasteiger partial charge >= 0.3 is 8.56 Å². The molecule has 0 aliphatic carbocycles. The second-order valence-electron chi connectivity index (χ2n) is 3.60. The quantitative estimate of drug-likeness (QED) is 0.645. The van der Waals surface area contributed by atoms with Gasteiger partial charge in [-0.2, -0.15) is 0 Å². The molecule has 0 heterocycles. The molecule has 0 aliphatic heterocycles. The topological polar surface area (TPSA) is 44.5 Å². The molecule has 0 amide bonds. The van der Waals surface area contributed by atoms with Crippen molar-refractivity contribution < 1.29 is 8.85 Å². The maximum atomic E-state index is 5.82. The highest BCUT2D eigenvalue weighted by Gasteiger charge is 2.27. The third-order valence-electron chi connectivity index (χ3n) is 2.59. The van der Waals surface area contributed by atoms with Gasteiger partial charge in [-0.25, -0.2) is 0 Å². The van der Waals surface area contributed by atoms with Crippen molar-refractivity contribution in [1.29, 1.82) is 0 Å². The molecule has 13 heavy (non-hydrogen) atoms. The van der Waals surface area contributed by atoms with E-state index in [2.05, 4.69) is 13.5 Å². The van der Waals surface area contributed by atoms with Crippen LogP contribution in [0.15, 0.2) is 0 Å². The third-order valence-corrected chi connectivity index (χ3v) is 5.58. The van der Waals surface area contributed by atoms with Crippen molar-refractivity contribution in [2.75, 3.05) is 14.2 Å². The van der Waals surface area contributed by atoms with Crippen LogP contribution in [-0.4, -0.2) is 28.8 Å². The summed E-state index contributed by atoms with van der Waals surface area (Å²) in [6.07, 6.45) is 3.24. The summed E-state index contributed by atoms with van der Waals surface area (Å²) in [5.74, 6) is 0. The van der Waals surface area contributed by atoms with E-state index in [0.29, 0.717) is 6.04 Å². The van der Waals surface area contributed by atoms with Crippen LogP contribution in [0, 0.1) is 0 Å². The van der Waals surface area contributed by atoms with Gasteiger partial charge in [-0.05, 0) is 31.9 Å². The molecule has 0 aliphatic rings. The SMILES string of the molecule is CCC(N)CCC[Si](C)(OC)OC. The van der Waals surface area contributed by atoms with Crippen LogP contribution >= 0.6 is 0 Å². The fourth-order valence-electron chi connectivity index (χ4n) is 1.18. The van der Waals surface area contributed by atoms with Crippen molar-refractivity contribution in [2.45, 2.75) is 44.8 Å². The highest BCUT2D eigenvalue weighted by molar-refractivity contribution is 6.65. The van der Waals surface area contributed by atoms with Gasteiger partial charge in [0.1, 0.15) is 0 Å². The van der Waals surface area contributed by atoms with E-state index in [1.807, 2.05) is 0 Å². The van der Waals surface area contributed by atoms with Gasteiger partial charge in [0.25, 0.3) is 0 Å². The molecule has 3 nitrogen and oxygen atoms in total. The second kappa shape index (κ2) is 6.54. The second-order valence-corrected chi connectivity index (χ2v) is 7.19. The fourth-order valence-corrected chi connectivity index (χ4v) is 2.60. The lowest BCUT2D eigenvalue weighted by molar-refractivity contribution is 0.248. The van der Waals surface area contributed by atoms with Gasteiger partial charge in [0.15, 0.2) is 0 Å². The van der Waals surface area contributed by atoms with Crippen molar-refractivity contribution in [3.05, 3.63) is 0 Å². The first-order chi connectivity index (χ1) is 6.08.